The van der Waals surface area contributed by atoms with E-state index in [1.165, 1.54) is 31.7 Å². The second kappa shape index (κ2) is 6.53. The highest BCUT2D eigenvalue weighted by atomic mass is 19.1. The van der Waals surface area contributed by atoms with Gasteiger partial charge in [-0.1, -0.05) is 31.0 Å². The highest BCUT2D eigenvalue weighted by Gasteiger charge is 2.15. The first-order valence-corrected chi connectivity index (χ1v) is 6.76. The van der Waals surface area contributed by atoms with Crippen LogP contribution in [0.5, 0.6) is 0 Å². The van der Waals surface area contributed by atoms with Crippen molar-refractivity contribution in [2.24, 2.45) is 5.92 Å². The molecule has 2 nitrogen and oxygen atoms in total. The Morgan fingerprint density at radius 2 is 2.00 bits per heavy atom. The van der Waals surface area contributed by atoms with Crippen LogP contribution >= 0.6 is 0 Å². The fourth-order valence-electron chi connectivity index (χ4n) is 2.51. The molecule has 0 atom stereocenters. The number of aryl methyl sites for hydroxylation is 1. The molecule has 2 rings (SSSR count). The normalized spacial score (nSPS) is 15.8. The number of hydrogen-bond acceptors (Lipinski definition) is 1. The van der Waals surface area contributed by atoms with Gasteiger partial charge in [0.25, 0.3) is 0 Å². The number of nitrogens with one attached hydrogen (secondary N) is 1. The largest absolute Gasteiger partial charge is 0.356 e. The van der Waals surface area contributed by atoms with Crippen LogP contribution in [0.2, 0.25) is 0 Å². The maximum absolute atomic E-state index is 13.3. The van der Waals surface area contributed by atoms with E-state index in [1.54, 1.807) is 18.2 Å². The van der Waals surface area contributed by atoms with Crippen LogP contribution in [0.1, 0.15) is 37.7 Å². The Labute approximate surface area is 108 Å². The number of halogens is 1. The van der Waals surface area contributed by atoms with Crippen LogP contribution in [-0.2, 0) is 11.2 Å². The Morgan fingerprint density at radius 1 is 1.28 bits per heavy atom. The van der Waals surface area contributed by atoms with E-state index in [9.17, 15) is 9.18 Å². The van der Waals surface area contributed by atoms with E-state index in [2.05, 4.69) is 5.32 Å². The number of amides is 1. The summed E-state index contributed by atoms with van der Waals surface area (Å²) in [6, 6.07) is 6.64. The van der Waals surface area contributed by atoms with Crippen molar-refractivity contribution >= 4 is 5.91 Å². The molecule has 98 valence electrons. The SMILES string of the molecule is O=C(CCc1ccccc1F)NCC1CCCC1. The van der Waals surface area contributed by atoms with Gasteiger partial charge in [0.05, 0.1) is 0 Å². The molecule has 1 aliphatic carbocycles. The topological polar surface area (TPSA) is 29.1 Å². The summed E-state index contributed by atoms with van der Waals surface area (Å²) in [6.07, 6.45) is 5.88. The minimum atomic E-state index is -0.221. The van der Waals surface area contributed by atoms with E-state index < -0.39 is 0 Å². The maximum atomic E-state index is 13.3. The summed E-state index contributed by atoms with van der Waals surface area (Å²) in [7, 11) is 0. The lowest BCUT2D eigenvalue weighted by Crippen LogP contribution is -2.28. The quantitative estimate of drug-likeness (QED) is 0.853. The molecule has 0 spiro atoms. The van der Waals surface area contributed by atoms with Crippen LogP contribution in [0.25, 0.3) is 0 Å². The molecule has 1 saturated carbocycles. The Hall–Kier alpha value is -1.38. The lowest BCUT2D eigenvalue weighted by Gasteiger charge is -2.10. The number of benzene rings is 1. The average molecular weight is 249 g/mol. The monoisotopic (exact) mass is 249 g/mol. The lowest BCUT2D eigenvalue weighted by molar-refractivity contribution is -0.121. The Balaban J connectivity index is 1.69. The smallest absolute Gasteiger partial charge is 0.220 e. The second-order valence-corrected chi connectivity index (χ2v) is 5.05. The molecule has 0 saturated heterocycles. The van der Waals surface area contributed by atoms with E-state index in [-0.39, 0.29) is 11.7 Å². The first-order valence-electron chi connectivity index (χ1n) is 6.76. The zero-order valence-corrected chi connectivity index (χ0v) is 10.6. The van der Waals surface area contributed by atoms with E-state index in [0.717, 1.165) is 6.54 Å². The van der Waals surface area contributed by atoms with Crippen molar-refractivity contribution in [3.05, 3.63) is 35.6 Å². The fourth-order valence-corrected chi connectivity index (χ4v) is 2.51. The molecule has 3 heteroatoms. The summed E-state index contributed by atoms with van der Waals surface area (Å²) >= 11 is 0. The molecule has 0 aliphatic heterocycles. The van der Waals surface area contributed by atoms with Crippen molar-refractivity contribution in [2.45, 2.75) is 38.5 Å². The first kappa shape index (κ1) is 13.1. The second-order valence-electron chi connectivity index (χ2n) is 5.05. The number of carbonyl (C=O) groups excluding carboxylic acids is 1. The standard InChI is InChI=1S/C15H20FNO/c16-14-8-4-3-7-13(14)9-10-15(18)17-11-12-5-1-2-6-12/h3-4,7-8,12H,1-2,5-6,9-11H2,(H,17,18). The molecule has 18 heavy (non-hydrogen) atoms. The van der Waals surface area contributed by atoms with Crippen LogP contribution < -0.4 is 5.32 Å². The predicted octanol–water partition coefficient (Wildman–Crippen LogP) is 3.06. The number of rotatable bonds is 5. The molecule has 0 heterocycles. The van der Waals surface area contributed by atoms with Gasteiger partial charge in [0, 0.05) is 13.0 Å². The van der Waals surface area contributed by atoms with Gasteiger partial charge in [-0.3, -0.25) is 4.79 Å². The highest BCUT2D eigenvalue weighted by molar-refractivity contribution is 5.76. The maximum Gasteiger partial charge on any atom is 0.220 e. The van der Waals surface area contributed by atoms with Crippen LogP contribution in [0.4, 0.5) is 4.39 Å². The number of carbonyl (C=O) groups is 1. The van der Waals surface area contributed by atoms with Crippen molar-refractivity contribution in [3.63, 3.8) is 0 Å². The van der Waals surface area contributed by atoms with Crippen molar-refractivity contribution in [2.75, 3.05) is 6.54 Å². The summed E-state index contributed by atoms with van der Waals surface area (Å²) in [5, 5.41) is 2.95. The van der Waals surface area contributed by atoms with Gasteiger partial charge in [-0.25, -0.2) is 4.39 Å². The van der Waals surface area contributed by atoms with Gasteiger partial charge in [0.2, 0.25) is 5.91 Å². The summed E-state index contributed by atoms with van der Waals surface area (Å²) in [5.74, 6) is 0.466. The fraction of sp³-hybridized carbons (Fsp3) is 0.533. The van der Waals surface area contributed by atoms with Gasteiger partial charge in [-0.15, -0.1) is 0 Å². The minimum Gasteiger partial charge on any atom is -0.356 e. The molecular formula is C15H20FNO. The average Bonchev–Trinajstić information content (AvgIpc) is 2.88. The third-order valence-electron chi connectivity index (χ3n) is 3.64. The molecule has 1 aromatic carbocycles. The molecule has 1 aliphatic rings. The molecule has 1 N–H and O–H groups in total. The van der Waals surface area contributed by atoms with Crippen LogP contribution in [-0.4, -0.2) is 12.5 Å². The van der Waals surface area contributed by atoms with Gasteiger partial charge in [-0.05, 0) is 36.8 Å². The molecule has 1 aromatic rings. The van der Waals surface area contributed by atoms with Gasteiger partial charge in [0.15, 0.2) is 0 Å². The van der Waals surface area contributed by atoms with Crippen LogP contribution in [0, 0.1) is 11.7 Å². The zero-order valence-electron chi connectivity index (χ0n) is 10.6. The molecule has 0 unspecified atom stereocenters. The van der Waals surface area contributed by atoms with E-state index in [0.29, 0.717) is 24.3 Å². The van der Waals surface area contributed by atoms with Crippen molar-refractivity contribution in [3.8, 4) is 0 Å². The molecule has 0 radical (unpaired) electrons. The third kappa shape index (κ3) is 3.83. The van der Waals surface area contributed by atoms with Gasteiger partial charge in [0.1, 0.15) is 5.82 Å². The molecule has 1 amide bonds. The zero-order chi connectivity index (χ0) is 12.8. The summed E-state index contributed by atoms with van der Waals surface area (Å²) in [4.78, 5) is 11.7. The van der Waals surface area contributed by atoms with Gasteiger partial charge in [-0.2, -0.15) is 0 Å². The number of hydrogen-bond donors (Lipinski definition) is 1. The summed E-state index contributed by atoms with van der Waals surface area (Å²) in [6.45, 7) is 0.788. The van der Waals surface area contributed by atoms with Crippen molar-refractivity contribution in [1.29, 1.82) is 0 Å². The Bertz CT molecular complexity index is 399. The van der Waals surface area contributed by atoms with Crippen molar-refractivity contribution in [1.82, 2.24) is 5.32 Å². The lowest BCUT2D eigenvalue weighted by atomic mass is 10.1. The Morgan fingerprint density at radius 3 is 2.72 bits per heavy atom. The van der Waals surface area contributed by atoms with E-state index >= 15 is 0 Å². The molecule has 0 aromatic heterocycles. The predicted molar refractivity (Wildman–Crippen MR) is 69.7 cm³/mol. The minimum absolute atomic E-state index is 0.0325. The van der Waals surface area contributed by atoms with E-state index in [1.807, 2.05) is 0 Å². The first-order chi connectivity index (χ1) is 8.75. The highest BCUT2D eigenvalue weighted by Crippen LogP contribution is 2.23. The molecule has 1 fully saturated rings. The van der Waals surface area contributed by atoms with Gasteiger partial charge < -0.3 is 5.32 Å². The summed E-state index contributed by atoms with van der Waals surface area (Å²) in [5.41, 5.74) is 0.619. The third-order valence-corrected chi connectivity index (χ3v) is 3.64. The van der Waals surface area contributed by atoms with Gasteiger partial charge >= 0.3 is 0 Å². The van der Waals surface area contributed by atoms with Crippen LogP contribution in [0.3, 0.4) is 0 Å². The molecule has 0 bridgehead atoms. The Kier molecular flexibility index (Phi) is 4.73. The van der Waals surface area contributed by atoms with Crippen molar-refractivity contribution < 1.29 is 9.18 Å². The van der Waals surface area contributed by atoms with E-state index in [4.69, 9.17) is 0 Å². The summed E-state index contributed by atoms with van der Waals surface area (Å²) < 4.78 is 13.3. The molecular weight excluding hydrogens is 229 g/mol. The van der Waals surface area contributed by atoms with Crippen LogP contribution in [0.15, 0.2) is 24.3 Å².